The largest absolute Gasteiger partial charge is 0.322 e. The lowest BCUT2D eigenvalue weighted by atomic mass is 10.1. The number of carbonyl (C=O) groups excluding carboxylic acids is 1. The van der Waals surface area contributed by atoms with Crippen LogP contribution in [0.4, 0.5) is 5.69 Å². The summed E-state index contributed by atoms with van der Waals surface area (Å²) in [5.41, 5.74) is 2.73. The summed E-state index contributed by atoms with van der Waals surface area (Å²) in [5, 5.41) is 2.92. The lowest BCUT2D eigenvalue weighted by Gasteiger charge is -2.18. The third kappa shape index (κ3) is 4.81. The average Bonchev–Trinajstić information content (AvgIpc) is 2.55. The highest BCUT2D eigenvalue weighted by molar-refractivity contribution is 14.1. The zero-order valence-corrected chi connectivity index (χ0v) is 15.1. The minimum atomic E-state index is -0.0735. The molecule has 1 amide bonds. The van der Waals surface area contributed by atoms with Crippen molar-refractivity contribution in [2.24, 2.45) is 0 Å². The normalized spacial score (nSPS) is 10.7. The third-order valence-electron chi connectivity index (χ3n) is 3.62. The molecule has 2 aromatic carbocycles. The first kappa shape index (κ1) is 17.0. The molecule has 0 atom stereocenters. The van der Waals surface area contributed by atoms with Crippen molar-refractivity contribution in [3.63, 3.8) is 0 Å². The second-order valence-corrected chi connectivity index (χ2v) is 6.36. The van der Waals surface area contributed by atoms with Crippen molar-refractivity contribution in [1.82, 2.24) is 4.90 Å². The fraction of sp³-hybridized carbons (Fsp3) is 0.278. The molecule has 3 nitrogen and oxygen atoms in total. The lowest BCUT2D eigenvalue weighted by Crippen LogP contribution is -2.22. The maximum atomic E-state index is 12.2. The molecule has 0 heterocycles. The molecule has 0 aliphatic heterocycles. The second-order valence-electron chi connectivity index (χ2n) is 5.12. The summed E-state index contributed by atoms with van der Waals surface area (Å²) in [5.74, 6) is -0.0735. The predicted octanol–water partition coefficient (Wildman–Crippen LogP) is 4.39. The van der Waals surface area contributed by atoms with E-state index in [1.165, 1.54) is 5.56 Å². The van der Waals surface area contributed by atoms with Crippen molar-refractivity contribution in [2.75, 3.05) is 18.4 Å². The molecule has 0 fully saturated rings. The predicted molar refractivity (Wildman–Crippen MR) is 100 cm³/mol. The molecule has 0 aromatic heterocycles. The van der Waals surface area contributed by atoms with Crippen LogP contribution in [0, 0.1) is 3.57 Å². The first-order valence-electron chi connectivity index (χ1n) is 7.50. The molecule has 0 saturated heterocycles. The molecule has 4 heteroatoms. The monoisotopic (exact) mass is 408 g/mol. The molecule has 0 bridgehead atoms. The van der Waals surface area contributed by atoms with E-state index < -0.39 is 0 Å². The third-order valence-corrected chi connectivity index (χ3v) is 4.34. The summed E-state index contributed by atoms with van der Waals surface area (Å²) in [7, 11) is 0. The summed E-state index contributed by atoms with van der Waals surface area (Å²) in [6.07, 6.45) is 0. The molecule has 22 heavy (non-hydrogen) atoms. The maximum absolute atomic E-state index is 12.2. The Morgan fingerprint density at radius 2 is 1.59 bits per heavy atom. The Labute approximate surface area is 145 Å². The van der Waals surface area contributed by atoms with Crippen molar-refractivity contribution >= 4 is 34.2 Å². The van der Waals surface area contributed by atoms with Gasteiger partial charge in [0, 0.05) is 21.4 Å². The van der Waals surface area contributed by atoms with Gasteiger partial charge in [0.15, 0.2) is 0 Å². The maximum Gasteiger partial charge on any atom is 0.255 e. The van der Waals surface area contributed by atoms with E-state index in [1.807, 2.05) is 48.5 Å². The number of rotatable bonds is 6. The SMILES string of the molecule is CCN(CC)Cc1ccc(C(=O)Nc2ccc(I)cc2)cc1. The van der Waals surface area contributed by atoms with Gasteiger partial charge < -0.3 is 5.32 Å². The number of anilines is 1. The molecule has 0 unspecified atom stereocenters. The van der Waals surface area contributed by atoms with Crippen molar-refractivity contribution in [3.05, 3.63) is 63.2 Å². The van der Waals surface area contributed by atoms with Crippen LogP contribution in [0.25, 0.3) is 0 Å². The number of carbonyl (C=O) groups is 1. The number of benzene rings is 2. The van der Waals surface area contributed by atoms with Gasteiger partial charge in [0.25, 0.3) is 5.91 Å². The van der Waals surface area contributed by atoms with Crippen molar-refractivity contribution < 1.29 is 4.79 Å². The van der Waals surface area contributed by atoms with E-state index in [1.54, 1.807) is 0 Å². The first-order chi connectivity index (χ1) is 10.6. The number of halogens is 1. The summed E-state index contributed by atoms with van der Waals surface area (Å²) in [6.45, 7) is 7.31. The Kier molecular flexibility index (Phi) is 6.39. The van der Waals surface area contributed by atoms with Gasteiger partial charge in [-0.05, 0) is 77.6 Å². The molecule has 0 spiro atoms. The number of hydrogen-bond donors (Lipinski definition) is 1. The zero-order chi connectivity index (χ0) is 15.9. The van der Waals surface area contributed by atoms with Crippen molar-refractivity contribution in [3.8, 4) is 0 Å². The minimum absolute atomic E-state index is 0.0735. The number of nitrogens with zero attached hydrogens (tertiary/aromatic N) is 1. The molecule has 2 aromatic rings. The van der Waals surface area contributed by atoms with E-state index in [0.29, 0.717) is 5.56 Å². The van der Waals surface area contributed by atoms with Crippen molar-refractivity contribution in [2.45, 2.75) is 20.4 Å². The summed E-state index contributed by atoms with van der Waals surface area (Å²) >= 11 is 2.24. The van der Waals surface area contributed by atoms with E-state index in [9.17, 15) is 4.79 Å². The highest BCUT2D eigenvalue weighted by Crippen LogP contribution is 2.13. The van der Waals surface area contributed by atoms with Crippen LogP contribution < -0.4 is 5.32 Å². The average molecular weight is 408 g/mol. The van der Waals surface area contributed by atoms with E-state index in [4.69, 9.17) is 0 Å². The smallest absolute Gasteiger partial charge is 0.255 e. The van der Waals surface area contributed by atoms with Gasteiger partial charge in [0.05, 0.1) is 0 Å². The molecule has 0 aliphatic rings. The highest BCUT2D eigenvalue weighted by atomic mass is 127. The molecule has 116 valence electrons. The summed E-state index contributed by atoms with van der Waals surface area (Å²) in [4.78, 5) is 14.6. The summed E-state index contributed by atoms with van der Waals surface area (Å²) < 4.78 is 1.15. The molecule has 0 aliphatic carbocycles. The Hall–Kier alpha value is -1.40. The highest BCUT2D eigenvalue weighted by Gasteiger charge is 2.07. The Morgan fingerprint density at radius 3 is 2.14 bits per heavy atom. The van der Waals surface area contributed by atoms with Crippen LogP contribution in [0.3, 0.4) is 0 Å². The van der Waals surface area contributed by atoms with Gasteiger partial charge >= 0.3 is 0 Å². The standard InChI is InChI=1S/C18H21IN2O/c1-3-21(4-2)13-14-5-7-15(8-6-14)18(22)20-17-11-9-16(19)10-12-17/h5-12H,3-4,13H2,1-2H3,(H,20,22). The number of nitrogens with one attached hydrogen (secondary N) is 1. The van der Waals surface area contributed by atoms with Crippen LogP contribution in [-0.4, -0.2) is 23.9 Å². The van der Waals surface area contributed by atoms with Gasteiger partial charge in [-0.3, -0.25) is 9.69 Å². The van der Waals surface area contributed by atoms with E-state index >= 15 is 0 Å². The van der Waals surface area contributed by atoms with E-state index in [0.717, 1.165) is 28.9 Å². The second kappa shape index (κ2) is 8.29. The molecule has 2 rings (SSSR count). The zero-order valence-electron chi connectivity index (χ0n) is 13.0. The van der Waals surface area contributed by atoms with Gasteiger partial charge in [-0.1, -0.05) is 26.0 Å². The van der Waals surface area contributed by atoms with Crippen LogP contribution in [-0.2, 0) is 6.54 Å². The topological polar surface area (TPSA) is 32.3 Å². The van der Waals surface area contributed by atoms with Gasteiger partial charge in [0.2, 0.25) is 0 Å². The molecular formula is C18H21IN2O. The molecule has 0 saturated carbocycles. The van der Waals surface area contributed by atoms with E-state index in [2.05, 4.69) is 46.7 Å². The van der Waals surface area contributed by atoms with Crippen LogP contribution in [0.2, 0.25) is 0 Å². The van der Waals surface area contributed by atoms with E-state index in [-0.39, 0.29) is 5.91 Å². The van der Waals surface area contributed by atoms with Gasteiger partial charge in [0.1, 0.15) is 0 Å². The lowest BCUT2D eigenvalue weighted by molar-refractivity contribution is 0.102. The van der Waals surface area contributed by atoms with Crippen LogP contribution >= 0.6 is 22.6 Å². The number of amides is 1. The fourth-order valence-corrected chi connectivity index (χ4v) is 2.56. The summed E-state index contributed by atoms with van der Waals surface area (Å²) in [6, 6.07) is 15.6. The fourth-order valence-electron chi connectivity index (χ4n) is 2.20. The van der Waals surface area contributed by atoms with Crippen LogP contribution in [0.15, 0.2) is 48.5 Å². The molecule has 0 radical (unpaired) electrons. The van der Waals surface area contributed by atoms with Crippen LogP contribution in [0.1, 0.15) is 29.8 Å². The Balaban J connectivity index is 2.00. The minimum Gasteiger partial charge on any atom is -0.322 e. The van der Waals surface area contributed by atoms with Gasteiger partial charge in [-0.25, -0.2) is 0 Å². The van der Waals surface area contributed by atoms with Crippen LogP contribution in [0.5, 0.6) is 0 Å². The molecule has 1 N–H and O–H groups in total. The first-order valence-corrected chi connectivity index (χ1v) is 8.58. The van der Waals surface area contributed by atoms with Crippen molar-refractivity contribution in [1.29, 1.82) is 0 Å². The Bertz CT molecular complexity index is 604. The van der Waals surface area contributed by atoms with Gasteiger partial charge in [-0.2, -0.15) is 0 Å². The Morgan fingerprint density at radius 1 is 1.00 bits per heavy atom. The number of hydrogen-bond acceptors (Lipinski definition) is 2. The molecular weight excluding hydrogens is 387 g/mol. The van der Waals surface area contributed by atoms with Gasteiger partial charge in [-0.15, -0.1) is 0 Å². The quantitative estimate of drug-likeness (QED) is 0.720.